The Morgan fingerprint density at radius 3 is 2.28 bits per heavy atom. The van der Waals surface area contributed by atoms with Gasteiger partial charge in [0.05, 0.1) is 6.61 Å². The predicted octanol–water partition coefficient (Wildman–Crippen LogP) is 5.37. The summed E-state index contributed by atoms with van der Waals surface area (Å²) in [6, 6.07) is 0. The normalized spacial score (nSPS) is 38.4. The maximum atomic E-state index is 13.1. The van der Waals surface area contributed by atoms with Crippen LogP contribution in [0.4, 0.5) is 0 Å². The summed E-state index contributed by atoms with van der Waals surface area (Å²) >= 11 is 0. The van der Waals surface area contributed by atoms with Crippen LogP contribution < -0.4 is 0 Å². The van der Waals surface area contributed by atoms with E-state index in [1.54, 1.807) is 0 Å². The Hall–Kier alpha value is -1.58. The Balaban J connectivity index is 1.51. The summed E-state index contributed by atoms with van der Waals surface area (Å²) < 4.78 is 11.6. The van der Waals surface area contributed by atoms with Crippen molar-refractivity contribution < 1.29 is 19.1 Å². The predicted molar refractivity (Wildman–Crippen MR) is 112 cm³/mol. The van der Waals surface area contributed by atoms with Gasteiger partial charge >= 0.3 is 11.9 Å². The van der Waals surface area contributed by atoms with Crippen molar-refractivity contribution in [2.45, 2.75) is 83.2 Å². The van der Waals surface area contributed by atoms with Gasteiger partial charge in [-0.2, -0.15) is 0 Å². The minimum absolute atomic E-state index is 0.141. The third-order valence-corrected chi connectivity index (χ3v) is 8.39. The van der Waals surface area contributed by atoms with E-state index in [0.717, 1.165) is 12.0 Å². The molecule has 4 nitrogen and oxygen atoms in total. The van der Waals surface area contributed by atoms with Crippen LogP contribution in [0.25, 0.3) is 0 Å². The van der Waals surface area contributed by atoms with Crippen molar-refractivity contribution in [3.05, 3.63) is 24.8 Å². The van der Waals surface area contributed by atoms with Crippen LogP contribution in [-0.4, -0.2) is 24.1 Å². The van der Waals surface area contributed by atoms with E-state index in [0.29, 0.717) is 35.2 Å². The Morgan fingerprint density at radius 2 is 1.69 bits per heavy atom. The smallest absolute Gasteiger partial charge is 0.334 e. The van der Waals surface area contributed by atoms with Gasteiger partial charge in [-0.25, -0.2) is 9.59 Å². The van der Waals surface area contributed by atoms with Crippen LogP contribution >= 0.6 is 0 Å². The van der Waals surface area contributed by atoms with Crippen molar-refractivity contribution in [2.75, 3.05) is 6.61 Å². The Bertz CT molecular complexity index is 671. The SMILES string of the molecule is C=CC(=O)OCCC(=C)C(=O)OC1(C2CCCCC2)C2CC3CC1CC(C)(C3)C2. The van der Waals surface area contributed by atoms with Crippen LogP contribution in [0.1, 0.15) is 77.6 Å². The van der Waals surface area contributed by atoms with Crippen LogP contribution in [0, 0.1) is 29.1 Å². The van der Waals surface area contributed by atoms with Crippen LogP contribution in [0.5, 0.6) is 0 Å². The number of rotatable bonds is 7. The first-order valence-corrected chi connectivity index (χ1v) is 11.6. The number of carbonyl (C=O) groups excluding carboxylic acids is 2. The van der Waals surface area contributed by atoms with Gasteiger partial charge in [-0.3, -0.25) is 0 Å². The van der Waals surface area contributed by atoms with Gasteiger partial charge in [-0.15, -0.1) is 0 Å². The monoisotopic (exact) mass is 400 g/mol. The molecule has 2 unspecified atom stereocenters. The summed E-state index contributed by atoms with van der Waals surface area (Å²) in [5.74, 6) is 1.55. The second-order valence-electron chi connectivity index (χ2n) is 10.5. The molecule has 0 aromatic rings. The van der Waals surface area contributed by atoms with Crippen molar-refractivity contribution >= 4 is 11.9 Å². The summed E-state index contributed by atoms with van der Waals surface area (Å²) in [4.78, 5) is 24.4. The highest BCUT2D eigenvalue weighted by atomic mass is 16.6. The molecule has 4 bridgehead atoms. The zero-order chi connectivity index (χ0) is 20.6. The van der Waals surface area contributed by atoms with Crippen LogP contribution in [0.2, 0.25) is 0 Å². The van der Waals surface area contributed by atoms with Crippen molar-refractivity contribution in [3.8, 4) is 0 Å². The van der Waals surface area contributed by atoms with E-state index in [2.05, 4.69) is 20.1 Å². The summed E-state index contributed by atoms with van der Waals surface area (Å²) in [5, 5.41) is 0. The molecule has 0 saturated heterocycles. The average Bonchev–Trinajstić information content (AvgIpc) is 2.69. The van der Waals surface area contributed by atoms with E-state index >= 15 is 0 Å². The van der Waals surface area contributed by atoms with Crippen molar-refractivity contribution in [1.82, 2.24) is 0 Å². The largest absolute Gasteiger partial charge is 0.462 e. The number of hydrogen-bond acceptors (Lipinski definition) is 4. The molecule has 5 aliphatic rings. The van der Waals surface area contributed by atoms with Gasteiger partial charge in [0.2, 0.25) is 0 Å². The first kappa shape index (κ1) is 20.7. The van der Waals surface area contributed by atoms with Crippen LogP contribution in [0.15, 0.2) is 24.8 Å². The molecule has 0 heterocycles. The lowest BCUT2D eigenvalue weighted by molar-refractivity contribution is -0.243. The highest BCUT2D eigenvalue weighted by molar-refractivity contribution is 5.88. The molecular weight excluding hydrogens is 364 g/mol. The number of esters is 2. The van der Waals surface area contributed by atoms with Gasteiger partial charge in [-0.05, 0) is 62.2 Å². The fraction of sp³-hybridized carbons (Fsp3) is 0.760. The van der Waals surface area contributed by atoms with Crippen LogP contribution in [-0.2, 0) is 19.1 Å². The van der Waals surface area contributed by atoms with Gasteiger partial charge < -0.3 is 9.47 Å². The third-order valence-electron chi connectivity index (χ3n) is 8.39. The van der Waals surface area contributed by atoms with Crippen molar-refractivity contribution in [1.29, 1.82) is 0 Å². The second kappa shape index (κ2) is 7.92. The molecule has 29 heavy (non-hydrogen) atoms. The lowest BCUT2D eigenvalue weighted by Gasteiger charge is -2.66. The first-order chi connectivity index (χ1) is 13.9. The maximum absolute atomic E-state index is 13.1. The molecule has 0 spiro atoms. The molecule has 5 rings (SSSR count). The summed E-state index contributed by atoms with van der Waals surface area (Å²) in [7, 11) is 0. The molecule has 0 aromatic carbocycles. The fourth-order valence-corrected chi connectivity index (χ4v) is 7.53. The van der Waals surface area contributed by atoms with Crippen LogP contribution in [0.3, 0.4) is 0 Å². The molecule has 0 amide bonds. The molecule has 0 N–H and O–H groups in total. The van der Waals surface area contributed by atoms with Gasteiger partial charge in [0.1, 0.15) is 5.60 Å². The molecular formula is C25H36O4. The Kier molecular flexibility index (Phi) is 5.65. The van der Waals surface area contributed by atoms with E-state index < -0.39 is 5.97 Å². The molecule has 5 aliphatic carbocycles. The molecule has 5 saturated carbocycles. The zero-order valence-corrected chi connectivity index (χ0v) is 17.9. The quantitative estimate of drug-likeness (QED) is 0.426. The van der Waals surface area contributed by atoms with Gasteiger partial charge in [-0.1, -0.05) is 39.3 Å². The van der Waals surface area contributed by atoms with E-state index in [1.807, 2.05) is 0 Å². The highest BCUT2D eigenvalue weighted by Gasteiger charge is 2.65. The molecule has 4 heteroatoms. The molecule has 0 aliphatic heterocycles. The zero-order valence-electron chi connectivity index (χ0n) is 17.9. The maximum Gasteiger partial charge on any atom is 0.334 e. The van der Waals surface area contributed by atoms with E-state index in [1.165, 1.54) is 64.2 Å². The Morgan fingerprint density at radius 1 is 1.03 bits per heavy atom. The lowest BCUT2D eigenvalue weighted by Crippen LogP contribution is -2.65. The van der Waals surface area contributed by atoms with Gasteiger partial charge in [0, 0.05) is 29.9 Å². The molecule has 2 atom stereocenters. The first-order valence-electron chi connectivity index (χ1n) is 11.6. The minimum atomic E-state index is -0.473. The average molecular weight is 401 g/mol. The standard InChI is InChI=1S/C25H36O4/c1-4-22(26)28-11-10-17(2)23(27)29-25(19-8-6-5-7-9-19)20-12-18-13-21(25)16-24(3,14-18)15-20/h4,18-21H,1-2,5-16H2,3H3. The summed E-state index contributed by atoms with van der Waals surface area (Å²) in [5.41, 5.74) is 0.558. The molecule has 0 radical (unpaired) electrons. The van der Waals surface area contributed by atoms with Gasteiger partial charge in [0.15, 0.2) is 0 Å². The van der Waals surface area contributed by atoms with E-state index in [9.17, 15) is 9.59 Å². The summed E-state index contributed by atoms with van der Waals surface area (Å²) in [6.45, 7) is 9.95. The van der Waals surface area contributed by atoms with Gasteiger partial charge in [0.25, 0.3) is 0 Å². The number of ether oxygens (including phenoxy) is 2. The van der Waals surface area contributed by atoms with Crippen molar-refractivity contribution in [3.63, 3.8) is 0 Å². The molecule has 160 valence electrons. The number of hydrogen-bond donors (Lipinski definition) is 0. The highest BCUT2D eigenvalue weighted by Crippen LogP contribution is 2.67. The third kappa shape index (κ3) is 3.80. The molecule has 5 fully saturated rings. The summed E-state index contributed by atoms with van der Waals surface area (Å²) in [6.07, 6.45) is 13.8. The fourth-order valence-electron chi connectivity index (χ4n) is 7.53. The topological polar surface area (TPSA) is 52.6 Å². The molecule has 0 aromatic heterocycles. The number of carbonyl (C=O) groups is 2. The van der Waals surface area contributed by atoms with E-state index in [4.69, 9.17) is 9.47 Å². The van der Waals surface area contributed by atoms with Crippen molar-refractivity contribution in [2.24, 2.45) is 29.1 Å². The lowest BCUT2D eigenvalue weighted by atomic mass is 9.42. The Labute approximate surface area is 175 Å². The minimum Gasteiger partial charge on any atom is -0.462 e. The second-order valence-corrected chi connectivity index (χ2v) is 10.5. The van der Waals surface area contributed by atoms with E-state index in [-0.39, 0.29) is 18.2 Å².